The molecule has 2 N–H and O–H groups in total. The molecule has 4 nitrogen and oxygen atoms in total. The zero-order chi connectivity index (χ0) is 11.1. The van der Waals surface area contributed by atoms with Crippen LogP contribution in [0.4, 0.5) is 0 Å². The molecule has 0 fully saturated rings. The third kappa shape index (κ3) is 4.76. The lowest BCUT2D eigenvalue weighted by molar-refractivity contribution is 0.0542. The lowest BCUT2D eigenvalue weighted by atomic mass is 10.3. The van der Waals surface area contributed by atoms with Crippen LogP contribution in [0.5, 0.6) is 5.88 Å². The first-order chi connectivity index (χ1) is 7.22. The van der Waals surface area contributed by atoms with Gasteiger partial charge in [-0.15, -0.1) is 0 Å². The maximum Gasteiger partial charge on any atom is 0.213 e. The number of aromatic nitrogens is 1. The minimum Gasteiger partial charge on any atom is -0.475 e. The Labute approximate surface area is 90.4 Å². The number of hydrogen-bond donors (Lipinski definition) is 1. The molecular weight excluding hydrogens is 192 g/mol. The second kappa shape index (κ2) is 6.37. The SMILES string of the molecule is CC(C)OCCOc1ccc(CN)cn1. The van der Waals surface area contributed by atoms with Crippen LogP contribution in [0.15, 0.2) is 18.3 Å². The molecule has 1 aromatic rings. The molecule has 0 saturated heterocycles. The minimum absolute atomic E-state index is 0.237. The Morgan fingerprint density at radius 1 is 1.33 bits per heavy atom. The topological polar surface area (TPSA) is 57.4 Å². The largest absolute Gasteiger partial charge is 0.475 e. The van der Waals surface area contributed by atoms with Crippen LogP contribution >= 0.6 is 0 Å². The summed E-state index contributed by atoms with van der Waals surface area (Å²) >= 11 is 0. The first-order valence-electron chi connectivity index (χ1n) is 5.11. The van der Waals surface area contributed by atoms with Gasteiger partial charge in [-0.2, -0.15) is 0 Å². The molecule has 0 aliphatic rings. The van der Waals surface area contributed by atoms with Gasteiger partial charge in [-0.25, -0.2) is 4.98 Å². The number of nitrogens with zero attached hydrogens (tertiary/aromatic N) is 1. The molecule has 0 aromatic carbocycles. The Hall–Kier alpha value is -1.13. The van der Waals surface area contributed by atoms with Gasteiger partial charge in [0.05, 0.1) is 12.7 Å². The van der Waals surface area contributed by atoms with Gasteiger partial charge in [0.25, 0.3) is 0 Å². The molecule has 0 spiro atoms. The monoisotopic (exact) mass is 210 g/mol. The number of ether oxygens (including phenoxy) is 2. The van der Waals surface area contributed by atoms with Crippen molar-refractivity contribution in [2.24, 2.45) is 5.73 Å². The highest BCUT2D eigenvalue weighted by molar-refractivity contribution is 5.17. The second-order valence-corrected chi connectivity index (χ2v) is 3.48. The summed E-state index contributed by atoms with van der Waals surface area (Å²) in [6.45, 7) is 5.59. The van der Waals surface area contributed by atoms with Crippen molar-refractivity contribution >= 4 is 0 Å². The van der Waals surface area contributed by atoms with E-state index >= 15 is 0 Å². The van der Waals surface area contributed by atoms with Crippen LogP contribution in [-0.2, 0) is 11.3 Å². The van der Waals surface area contributed by atoms with E-state index in [1.807, 2.05) is 26.0 Å². The maximum atomic E-state index is 5.45. The summed E-state index contributed by atoms with van der Waals surface area (Å²) in [5, 5.41) is 0. The smallest absolute Gasteiger partial charge is 0.213 e. The van der Waals surface area contributed by atoms with E-state index in [0.717, 1.165) is 5.56 Å². The van der Waals surface area contributed by atoms with Crippen molar-refractivity contribution in [1.29, 1.82) is 0 Å². The van der Waals surface area contributed by atoms with Gasteiger partial charge in [0.15, 0.2) is 0 Å². The molecule has 15 heavy (non-hydrogen) atoms. The summed E-state index contributed by atoms with van der Waals surface area (Å²) in [6, 6.07) is 3.73. The summed E-state index contributed by atoms with van der Waals surface area (Å²) in [5.74, 6) is 0.611. The van der Waals surface area contributed by atoms with Crippen molar-refractivity contribution in [1.82, 2.24) is 4.98 Å². The van der Waals surface area contributed by atoms with Crippen LogP contribution in [0.1, 0.15) is 19.4 Å². The van der Waals surface area contributed by atoms with Gasteiger partial charge in [0.1, 0.15) is 6.61 Å². The molecule has 4 heteroatoms. The van der Waals surface area contributed by atoms with Gasteiger partial charge < -0.3 is 15.2 Å². The third-order valence-corrected chi connectivity index (χ3v) is 1.82. The zero-order valence-corrected chi connectivity index (χ0v) is 9.27. The molecule has 0 aliphatic carbocycles. The van der Waals surface area contributed by atoms with Gasteiger partial charge in [-0.05, 0) is 19.4 Å². The van der Waals surface area contributed by atoms with Crippen molar-refractivity contribution in [2.45, 2.75) is 26.5 Å². The van der Waals surface area contributed by atoms with Crippen LogP contribution in [0, 0.1) is 0 Å². The lowest BCUT2D eigenvalue weighted by Crippen LogP contribution is -2.11. The van der Waals surface area contributed by atoms with Crippen molar-refractivity contribution in [2.75, 3.05) is 13.2 Å². The van der Waals surface area contributed by atoms with E-state index in [0.29, 0.717) is 25.6 Å². The van der Waals surface area contributed by atoms with Crippen LogP contribution in [0.2, 0.25) is 0 Å². The highest BCUT2D eigenvalue weighted by atomic mass is 16.5. The van der Waals surface area contributed by atoms with Crippen LogP contribution in [-0.4, -0.2) is 24.3 Å². The zero-order valence-electron chi connectivity index (χ0n) is 9.27. The Kier molecular flexibility index (Phi) is 5.07. The summed E-state index contributed by atoms with van der Waals surface area (Å²) < 4.78 is 10.7. The molecule has 1 aromatic heterocycles. The molecule has 0 bridgehead atoms. The molecule has 0 unspecified atom stereocenters. The highest BCUT2D eigenvalue weighted by Crippen LogP contribution is 2.06. The summed E-state index contributed by atoms with van der Waals surface area (Å²) in [5.41, 5.74) is 6.45. The fourth-order valence-corrected chi connectivity index (χ4v) is 1.05. The average molecular weight is 210 g/mol. The summed E-state index contributed by atoms with van der Waals surface area (Å²) in [6.07, 6.45) is 1.96. The molecule has 0 saturated carbocycles. The maximum absolute atomic E-state index is 5.45. The summed E-state index contributed by atoms with van der Waals surface area (Å²) in [7, 11) is 0. The van der Waals surface area contributed by atoms with Gasteiger partial charge >= 0.3 is 0 Å². The number of rotatable bonds is 6. The third-order valence-electron chi connectivity index (χ3n) is 1.82. The van der Waals surface area contributed by atoms with Gasteiger partial charge in [0.2, 0.25) is 5.88 Å². The highest BCUT2D eigenvalue weighted by Gasteiger charge is 1.97. The van der Waals surface area contributed by atoms with E-state index in [2.05, 4.69) is 4.98 Å². The Balaban J connectivity index is 2.25. The molecule has 0 amide bonds. The first-order valence-corrected chi connectivity index (χ1v) is 5.11. The molecule has 1 rings (SSSR count). The summed E-state index contributed by atoms with van der Waals surface area (Å²) in [4.78, 5) is 4.11. The molecule has 0 atom stereocenters. The number of nitrogens with two attached hydrogens (primary N) is 1. The predicted octanol–water partition coefficient (Wildman–Crippen LogP) is 1.34. The van der Waals surface area contributed by atoms with Crippen LogP contribution < -0.4 is 10.5 Å². The van der Waals surface area contributed by atoms with Gasteiger partial charge in [-0.1, -0.05) is 6.07 Å². The van der Waals surface area contributed by atoms with E-state index in [1.165, 1.54) is 0 Å². The predicted molar refractivity (Wildman–Crippen MR) is 58.7 cm³/mol. The van der Waals surface area contributed by atoms with Crippen LogP contribution in [0.3, 0.4) is 0 Å². The normalized spacial score (nSPS) is 10.7. The molecule has 84 valence electrons. The average Bonchev–Trinajstić information content (AvgIpc) is 2.25. The second-order valence-electron chi connectivity index (χ2n) is 3.48. The standard InChI is InChI=1S/C11H18N2O2/c1-9(2)14-5-6-15-11-4-3-10(7-12)8-13-11/h3-4,8-9H,5-7,12H2,1-2H3. The van der Waals surface area contributed by atoms with Crippen molar-refractivity contribution in [3.8, 4) is 5.88 Å². The Morgan fingerprint density at radius 3 is 2.67 bits per heavy atom. The quantitative estimate of drug-likeness (QED) is 0.720. The fraction of sp³-hybridized carbons (Fsp3) is 0.545. The van der Waals surface area contributed by atoms with Crippen molar-refractivity contribution in [3.05, 3.63) is 23.9 Å². The number of pyridine rings is 1. The number of hydrogen-bond acceptors (Lipinski definition) is 4. The van der Waals surface area contributed by atoms with E-state index < -0.39 is 0 Å². The molecular formula is C11H18N2O2. The molecule has 0 radical (unpaired) electrons. The Bertz CT molecular complexity index is 272. The first kappa shape index (κ1) is 11.9. The van der Waals surface area contributed by atoms with Gasteiger partial charge in [-0.3, -0.25) is 0 Å². The van der Waals surface area contributed by atoms with E-state index in [4.69, 9.17) is 15.2 Å². The minimum atomic E-state index is 0.237. The molecule has 1 heterocycles. The van der Waals surface area contributed by atoms with E-state index in [1.54, 1.807) is 6.20 Å². The van der Waals surface area contributed by atoms with E-state index in [-0.39, 0.29) is 6.10 Å². The van der Waals surface area contributed by atoms with Crippen molar-refractivity contribution in [3.63, 3.8) is 0 Å². The fourth-order valence-electron chi connectivity index (χ4n) is 1.05. The molecule has 0 aliphatic heterocycles. The lowest BCUT2D eigenvalue weighted by Gasteiger charge is -2.08. The van der Waals surface area contributed by atoms with Crippen LogP contribution in [0.25, 0.3) is 0 Å². The van der Waals surface area contributed by atoms with E-state index in [9.17, 15) is 0 Å². The van der Waals surface area contributed by atoms with Gasteiger partial charge in [0, 0.05) is 18.8 Å². The Morgan fingerprint density at radius 2 is 2.13 bits per heavy atom. The van der Waals surface area contributed by atoms with Crippen molar-refractivity contribution < 1.29 is 9.47 Å².